The first-order valence-electron chi connectivity index (χ1n) is 11.7. The summed E-state index contributed by atoms with van der Waals surface area (Å²) in [6.07, 6.45) is 4.53. The van der Waals surface area contributed by atoms with Crippen molar-refractivity contribution in [2.24, 2.45) is 11.7 Å². The highest BCUT2D eigenvalue weighted by molar-refractivity contribution is 5.94. The third kappa shape index (κ3) is 8.67. The molecule has 1 aromatic heterocycles. The summed E-state index contributed by atoms with van der Waals surface area (Å²) in [6.45, 7) is 4.39. The summed E-state index contributed by atoms with van der Waals surface area (Å²) in [5, 5.41) is 20.4. The second kappa shape index (κ2) is 13.4. The molecule has 0 saturated carbocycles. The first kappa shape index (κ1) is 27.8. The van der Waals surface area contributed by atoms with E-state index in [1.165, 1.54) is 12.5 Å². The van der Waals surface area contributed by atoms with Crippen molar-refractivity contribution < 1.29 is 29.1 Å². The van der Waals surface area contributed by atoms with Crippen LogP contribution in [0.15, 0.2) is 12.5 Å². The maximum Gasteiger partial charge on any atom is 0.326 e. The zero-order valence-electron chi connectivity index (χ0n) is 20.0. The predicted molar refractivity (Wildman–Crippen MR) is 125 cm³/mol. The molecule has 13 heteroatoms. The summed E-state index contributed by atoms with van der Waals surface area (Å²) in [6, 6.07) is -3.83. The van der Waals surface area contributed by atoms with Crippen LogP contribution in [0, 0.1) is 5.92 Å². The molecule has 2 rings (SSSR count). The highest BCUT2D eigenvalue weighted by atomic mass is 16.4. The van der Waals surface area contributed by atoms with Gasteiger partial charge in [0.15, 0.2) is 0 Å². The summed E-state index contributed by atoms with van der Waals surface area (Å²) in [4.78, 5) is 68.4. The Bertz CT molecular complexity index is 885. The Balaban J connectivity index is 2.13. The smallest absolute Gasteiger partial charge is 0.326 e. The number of carbonyl (C=O) groups is 5. The van der Waals surface area contributed by atoms with Crippen molar-refractivity contribution in [3.63, 3.8) is 0 Å². The van der Waals surface area contributed by atoms with Gasteiger partial charge in [-0.1, -0.05) is 20.3 Å². The highest BCUT2D eigenvalue weighted by Gasteiger charge is 2.33. The topological polar surface area (TPSA) is 208 Å². The van der Waals surface area contributed by atoms with E-state index in [4.69, 9.17) is 5.73 Å². The molecule has 194 valence electrons. The van der Waals surface area contributed by atoms with E-state index in [1.54, 1.807) is 6.92 Å². The molecule has 1 aliphatic heterocycles. The van der Waals surface area contributed by atoms with Crippen LogP contribution in [0.3, 0.4) is 0 Å². The molecule has 0 radical (unpaired) electrons. The van der Waals surface area contributed by atoms with E-state index in [0.717, 1.165) is 13.0 Å². The number of hydrogen-bond donors (Lipinski definition) is 7. The number of primary amides is 1. The Hall–Kier alpha value is -3.48. The number of carboxylic acids is 1. The fourth-order valence-electron chi connectivity index (χ4n) is 3.77. The van der Waals surface area contributed by atoms with E-state index < -0.39 is 41.8 Å². The van der Waals surface area contributed by atoms with E-state index in [2.05, 4.69) is 31.2 Å². The average molecular weight is 494 g/mol. The van der Waals surface area contributed by atoms with Gasteiger partial charge in [0, 0.05) is 24.7 Å². The Kier molecular flexibility index (Phi) is 10.6. The molecule has 13 nitrogen and oxygen atoms in total. The minimum Gasteiger partial charge on any atom is -0.480 e. The molecule has 5 unspecified atom stereocenters. The zero-order chi connectivity index (χ0) is 26.0. The summed E-state index contributed by atoms with van der Waals surface area (Å²) in [5.41, 5.74) is 5.72. The lowest BCUT2D eigenvalue weighted by molar-refractivity contribution is -0.142. The quantitative estimate of drug-likeness (QED) is 0.163. The number of amides is 4. The van der Waals surface area contributed by atoms with Gasteiger partial charge >= 0.3 is 5.97 Å². The SMILES string of the molecule is CCC(C)C(NC(=O)C1CCCN1)C(=O)NC(CCC(N)=O)C(=O)NC(Cc1cnc[nH]1)C(=O)O. The van der Waals surface area contributed by atoms with Crippen molar-refractivity contribution in [3.8, 4) is 0 Å². The van der Waals surface area contributed by atoms with Gasteiger partial charge in [-0.3, -0.25) is 19.2 Å². The molecule has 0 bridgehead atoms. The second-order valence-electron chi connectivity index (χ2n) is 8.77. The van der Waals surface area contributed by atoms with Gasteiger partial charge in [-0.05, 0) is 31.7 Å². The fourth-order valence-corrected chi connectivity index (χ4v) is 3.77. The average Bonchev–Trinajstić information content (AvgIpc) is 3.53. The van der Waals surface area contributed by atoms with Crippen molar-refractivity contribution in [2.75, 3.05) is 6.54 Å². The first-order chi connectivity index (χ1) is 16.6. The molecule has 1 fully saturated rings. The van der Waals surface area contributed by atoms with Gasteiger partial charge in [0.05, 0.1) is 12.4 Å². The van der Waals surface area contributed by atoms with E-state index >= 15 is 0 Å². The van der Waals surface area contributed by atoms with Crippen LogP contribution in [0.1, 0.15) is 51.6 Å². The molecule has 0 spiro atoms. The Morgan fingerprint density at radius 3 is 2.43 bits per heavy atom. The molecular weight excluding hydrogens is 458 g/mol. The number of carbonyl (C=O) groups excluding carboxylic acids is 4. The van der Waals surface area contributed by atoms with Crippen LogP contribution in [0.2, 0.25) is 0 Å². The second-order valence-corrected chi connectivity index (χ2v) is 8.77. The normalized spacial score (nSPS) is 18.6. The van der Waals surface area contributed by atoms with Gasteiger partial charge in [0.25, 0.3) is 0 Å². The number of aliphatic carboxylic acids is 1. The molecule has 35 heavy (non-hydrogen) atoms. The largest absolute Gasteiger partial charge is 0.480 e. The van der Waals surface area contributed by atoms with Crippen molar-refractivity contribution in [2.45, 2.75) is 76.5 Å². The molecule has 8 N–H and O–H groups in total. The van der Waals surface area contributed by atoms with Crippen LogP contribution in [0.4, 0.5) is 0 Å². The van der Waals surface area contributed by atoms with Crippen molar-refractivity contribution in [1.29, 1.82) is 0 Å². The van der Waals surface area contributed by atoms with Crippen LogP contribution in [-0.2, 0) is 30.4 Å². The van der Waals surface area contributed by atoms with Gasteiger partial charge in [0.2, 0.25) is 23.6 Å². The fraction of sp³-hybridized carbons (Fsp3) is 0.636. The minimum absolute atomic E-state index is 0.0580. The van der Waals surface area contributed by atoms with E-state index in [1.807, 2.05) is 6.92 Å². The van der Waals surface area contributed by atoms with Gasteiger partial charge in [-0.15, -0.1) is 0 Å². The van der Waals surface area contributed by atoms with Crippen LogP contribution >= 0.6 is 0 Å². The number of H-pyrrole nitrogens is 1. The molecule has 5 atom stereocenters. The lowest BCUT2D eigenvalue weighted by atomic mass is 9.97. The molecule has 0 aliphatic carbocycles. The van der Waals surface area contributed by atoms with Crippen LogP contribution in [0.5, 0.6) is 0 Å². The number of aromatic nitrogens is 2. The summed E-state index contributed by atoms with van der Waals surface area (Å²) >= 11 is 0. The van der Waals surface area contributed by atoms with Gasteiger partial charge in [-0.2, -0.15) is 0 Å². The minimum atomic E-state index is -1.30. The van der Waals surface area contributed by atoms with Gasteiger partial charge in [-0.25, -0.2) is 9.78 Å². The van der Waals surface area contributed by atoms with Gasteiger partial charge < -0.3 is 37.1 Å². The molecule has 2 heterocycles. The molecule has 1 aromatic rings. The third-order valence-electron chi connectivity index (χ3n) is 6.08. The number of imidazole rings is 1. The number of nitrogens with zero attached hydrogens (tertiary/aromatic N) is 1. The highest BCUT2D eigenvalue weighted by Crippen LogP contribution is 2.12. The standard InChI is InChI=1S/C22H35N7O6/c1-3-12(2)18(29-19(31)14-5-4-8-25-14)21(33)27-15(6-7-17(23)30)20(32)28-16(22(34)35)9-13-10-24-11-26-13/h10-12,14-16,18,25H,3-9H2,1-2H3,(H2,23,30)(H,24,26)(H,27,33)(H,28,32)(H,29,31)(H,34,35). The van der Waals surface area contributed by atoms with E-state index in [-0.39, 0.29) is 37.1 Å². The Labute approximate surface area is 203 Å². The van der Waals surface area contributed by atoms with Gasteiger partial charge in [0.1, 0.15) is 18.1 Å². The molecule has 0 aromatic carbocycles. The summed E-state index contributed by atoms with van der Waals surface area (Å²) in [7, 11) is 0. The molecule has 1 aliphatic rings. The predicted octanol–water partition coefficient (Wildman–Crippen LogP) is -1.45. The van der Waals surface area contributed by atoms with E-state index in [9.17, 15) is 29.1 Å². The van der Waals surface area contributed by atoms with E-state index in [0.29, 0.717) is 18.5 Å². The molecule has 1 saturated heterocycles. The molecule has 4 amide bonds. The maximum atomic E-state index is 13.2. The number of carboxylic acid groups (broad SMARTS) is 1. The summed E-state index contributed by atoms with van der Waals surface area (Å²) < 4.78 is 0. The summed E-state index contributed by atoms with van der Waals surface area (Å²) in [5.74, 6) is -3.88. The van der Waals surface area contributed by atoms with Crippen molar-refractivity contribution in [1.82, 2.24) is 31.2 Å². The Morgan fingerprint density at radius 1 is 1.17 bits per heavy atom. The number of nitrogens with two attached hydrogens (primary N) is 1. The maximum absolute atomic E-state index is 13.2. The number of nitrogens with one attached hydrogen (secondary N) is 5. The zero-order valence-corrected chi connectivity index (χ0v) is 20.0. The number of aromatic amines is 1. The lowest BCUT2D eigenvalue weighted by Crippen LogP contribution is -2.58. The van der Waals surface area contributed by atoms with Crippen molar-refractivity contribution >= 4 is 29.6 Å². The van der Waals surface area contributed by atoms with Crippen LogP contribution < -0.4 is 27.0 Å². The van der Waals surface area contributed by atoms with Crippen LogP contribution in [0.25, 0.3) is 0 Å². The molecular formula is C22H35N7O6. The number of rotatable bonds is 14. The van der Waals surface area contributed by atoms with Crippen molar-refractivity contribution in [3.05, 3.63) is 18.2 Å². The van der Waals surface area contributed by atoms with Crippen LogP contribution in [-0.4, -0.2) is 75.4 Å². The Morgan fingerprint density at radius 2 is 1.89 bits per heavy atom. The first-order valence-corrected chi connectivity index (χ1v) is 11.7. The third-order valence-corrected chi connectivity index (χ3v) is 6.08. The number of hydrogen-bond acceptors (Lipinski definition) is 7. The lowest BCUT2D eigenvalue weighted by Gasteiger charge is -2.28. The monoisotopic (exact) mass is 493 g/mol.